The maximum absolute atomic E-state index is 5.92. The van der Waals surface area contributed by atoms with Crippen LogP contribution in [0.4, 0.5) is 0 Å². The van der Waals surface area contributed by atoms with Gasteiger partial charge in [-0.25, -0.2) is 0 Å². The van der Waals surface area contributed by atoms with Gasteiger partial charge in [-0.2, -0.15) is 0 Å². The first-order valence-electron chi connectivity index (χ1n) is 3.67. The Morgan fingerprint density at radius 3 is 2.17 bits per heavy atom. The second-order valence-corrected chi connectivity index (χ2v) is 4.05. The van der Waals surface area contributed by atoms with Crippen molar-refractivity contribution in [1.29, 1.82) is 0 Å². The van der Waals surface area contributed by atoms with Gasteiger partial charge in [-0.1, -0.05) is 30.3 Å². The molecule has 1 aromatic rings. The van der Waals surface area contributed by atoms with E-state index in [0.29, 0.717) is 0 Å². The van der Waals surface area contributed by atoms with E-state index >= 15 is 0 Å². The molecule has 0 bridgehead atoms. The molecule has 1 atom stereocenters. The Bertz CT molecular complexity index is 244. The van der Waals surface area contributed by atoms with Gasteiger partial charge in [0, 0.05) is 0 Å². The van der Waals surface area contributed by atoms with Crippen LogP contribution >= 0.6 is 23.2 Å². The van der Waals surface area contributed by atoms with Crippen LogP contribution in [-0.2, 0) is 5.54 Å². The number of nitrogens with two attached hydrogens (primary N) is 1. The molecular weight excluding hydrogens is 193 g/mol. The van der Waals surface area contributed by atoms with Gasteiger partial charge >= 0.3 is 0 Å². The summed E-state index contributed by atoms with van der Waals surface area (Å²) >= 11 is 11.5. The summed E-state index contributed by atoms with van der Waals surface area (Å²) in [6.07, 6.45) is 0. The molecule has 12 heavy (non-hydrogen) atoms. The van der Waals surface area contributed by atoms with Crippen molar-refractivity contribution < 1.29 is 0 Å². The lowest BCUT2D eigenvalue weighted by atomic mass is 9.95. The molecule has 0 aliphatic rings. The minimum absolute atomic E-state index is 0.597. The van der Waals surface area contributed by atoms with Gasteiger partial charge in [-0.05, 0) is 12.5 Å². The maximum atomic E-state index is 5.92. The summed E-state index contributed by atoms with van der Waals surface area (Å²) < 4.78 is 0. The number of halogens is 2. The van der Waals surface area contributed by atoms with Gasteiger partial charge in [0.2, 0.25) is 0 Å². The fourth-order valence-corrected chi connectivity index (χ4v) is 1.18. The van der Waals surface area contributed by atoms with E-state index in [2.05, 4.69) is 0 Å². The monoisotopic (exact) mass is 203 g/mol. The van der Waals surface area contributed by atoms with E-state index in [4.69, 9.17) is 28.9 Å². The molecule has 0 fully saturated rings. The van der Waals surface area contributed by atoms with Gasteiger partial charge in [-0.3, -0.25) is 0 Å². The Labute approximate surface area is 82.5 Å². The number of benzene rings is 1. The average Bonchev–Trinajstić information content (AvgIpc) is 2.06. The van der Waals surface area contributed by atoms with Gasteiger partial charge in [0.05, 0.1) is 5.54 Å². The lowest BCUT2D eigenvalue weighted by molar-refractivity contribution is 0.534. The molecule has 1 aromatic carbocycles. The zero-order chi connectivity index (χ0) is 9.19. The third kappa shape index (κ3) is 1.92. The predicted molar refractivity (Wildman–Crippen MR) is 53.5 cm³/mol. The van der Waals surface area contributed by atoms with Crippen molar-refractivity contribution in [2.24, 2.45) is 5.73 Å². The van der Waals surface area contributed by atoms with E-state index in [9.17, 15) is 0 Å². The van der Waals surface area contributed by atoms with E-state index in [1.54, 1.807) is 0 Å². The number of hydrogen-bond donors (Lipinski definition) is 1. The van der Waals surface area contributed by atoms with Crippen molar-refractivity contribution in [3.63, 3.8) is 0 Å². The van der Waals surface area contributed by atoms with Gasteiger partial charge in [0.15, 0.2) is 0 Å². The minimum atomic E-state index is -0.676. The number of alkyl halides is 2. The van der Waals surface area contributed by atoms with E-state index in [1.165, 1.54) is 0 Å². The number of hydrogen-bond acceptors (Lipinski definition) is 1. The highest BCUT2D eigenvalue weighted by molar-refractivity contribution is 6.45. The molecule has 0 amide bonds. The van der Waals surface area contributed by atoms with Gasteiger partial charge in [0.25, 0.3) is 0 Å². The van der Waals surface area contributed by atoms with Crippen LogP contribution in [0.2, 0.25) is 0 Å². The van der Waals surface area contributed by atoms with Crippen LogP contribution in [0.3, 0.4) is 0 Å². The van der Waals surface area contributed by atoms with Crippen LogP contribution in [0, 0.1) is 0 Å². The van der Waals surface area contributed by atoms with Crippen molar-refractivity contribution in [1.82, 2.24) is 0 Å². The lowest BCUT2D eigenvalue weighted by Crippen LogP contribution is -2.39. The summed E-state index contributed by atoms with van der Waals surface area (Å²) in [4.78, 5) is -0.597. The van der Waals surface area contributed by atoms with Gasteiger partial charge in [0.1, 0.15) is 4.84 Å². The third-order valence-electron chi connectivity index (χ3n) is 1.85. The van der Waals surface area contributed by atoms with Crippen molar-refractivity contribution in [3.05, 3.63) is 35.9 Å². The second-order valence-electron chi connectivity index (χ2n) is 2.95. The SMILES string of the molecule is CC(N)(c1ccccc1)C(Cl)Cl. The molecule has 2 N–H and O–H groups in total. The van der Waals surface area contributed by atoms with Crippen LogP contribution in [-0.4, -0.2) is 4.84 Å². The molecule has 0 aliphatic carbocycles. The first-order valence-corrected chi connectivity index (χ1v) is 4.55. The summed E-state index contributed by atoms with van der Waals surface area (Å²) in [5.74, 6) is 0. The second kappa shape index (κ2) is 3.65. The highest BCUT2D eigenvalue weighted by Gasteiger charge is 2.28. The van der Waals surface area contributed by atoms with E-state index < -0.39 is 10.4 Å². The van der Waals surface area contributed by atoms with Crippen molar-refractivity contribution in [2.45, 2.75) is 17.3 Å². The standard InChI is InChI=1S/C9H11Cl2N/c1-9(12,8(10)11)7-5-3-2-4-6-7/h2-6,8H,12H2,1H3. The predicted octanol–water partition coefficient (Wildman–Crippen LogP) is 2.66. The lowest BCUT2D eigenvalue weighted by Gasteiger charge is -2.26. The molecule has 0 aromatic heterocycles. The van der Waals surface area contributed by atoms with Crippen LogP contribution in [0.5, 0.6) is 0 Å². The molecule has 0 heterocycles. The maximum Gasteiger partial charge on any atom is 0.129 e. The Morgan fingerprint density at radius 2 is 1.75 bits per heavy atom. The van der Waals surface area contributed by atoms with Crippen LogP contribution in [0.1, 0.15) is 12.5 Å². The smallest absolute Gasteiger partial charge is 0.129 e. The molecule has 1 unspecified atom stereocenters. The highest BCUT2D eigenvalue weighted by atomic mass is 35.5. The third-order valence-corrected chi connectivity index (χ3v) is 2.76. The van der Waals surface area contributed by atoms with Gasteiger partial charge in [-0.15, -0.1) is 23.2 Å². The van der Waals surface area contributed by atoms with E-state index in [-0.39, 0.29) is 0 Å². The molecule has 0 radical (unpaired) electrons. The molecule has 1 rings (SSSR count). The summed E-state index contributed by atoms with van der Waals surface area (Å²) in [5, 5.41) is 0. The molecule has 0 aliphatic heterocycles. The molecule has 0 saturated heterocycles. The van der Waals surface area contributed by atoms with E-state index in [1.807, 2.05) is 37.3 Å². The zero-order valence-electron chi connectivity index (χ0n) is 6.80. The topological polar surface area (TPSA) is 26.0 Å². The molecule has 3 heteroatoms. The molecule has 0 spiro atoms. The fraction of sp³-hybridized carbons (Fsp3) is 0.333. The Morgan fingerprint density at radius 1 is 1.25 bits per heavy atom. The molecular formula is C9H11Cl2N. The quantitative estimate of drug-likeness (QED) is 0.736. The van der Waals surface area contributed by atoms with E-state index in [0.717, 1.165) is 5.56 Å². The summed E-state index contributed by atoms with van der Waals surface area (Å²) in [7, 11) is 0. The summed E-state index contributed by atoms with van der Waals surface area (Å²) in [6.45, 7) is 1.81. The average molecular weight is 204 g/mol. The van der Waals surface area contributed by atoms with Crippen molar-refractivity contribution in [2.75, 3.05) is 0 Å². The Balaban J connectivity index is 2.98. The largest absolute Gasteiger partial charge is 0.319 e. The minimum Gasteiger partial charge on any atom is -0.319 e. The van der Waals surface area contributed by atoms with Crippen molar-refractivity contribution >= 4 is 23.2 Å². The fourth-order valence-electron chi connectivity index (χ4n) is 0.923. The van der Waals surface area contributed by atoms with Crippen LogP contribution in [0.25, 0.3) is 0 Å². The first kappa shape index (κ1) is 9.85. The zero-order valence-corrected chi connectivity index (χ0v) is 8.31. The Hall–Kier alpha value is -0.240. The highest BCUT2D eigenvalue weighted by Crippen LogP contribution is 2.27. The molecule has 0 saturated carbocycles. The normalized spacial score (nSPS) is 16.1. The molecule has 66 valence electrons. The first-order chi connectivity index (χ1) is 5.55. The summed E-state index contributed by atoms with van der Waals surface area (Å²) in [6, 6.07) is 9.58. The Kier molecular flexibility index (Phi) is 2.99. The molecule has 1 nitrogen and oxygen atoms in total. The van der Waals surface area contributed by atoms with Crippen LogP contribution < -0.4 is 5.73 Å². The van der Waals surface area contributed by atoms with Gasteiger partial charge < -0.3 is 5.73 Å². The summed E-state index contributed by atoms with van der Waals surface area (Å²) in [5.41, 5.74) is 6.19. The number of rotatable bonds is 2. The van der Waals surface area contributed by atoms with Crippen LogP contribution in [0.15, 0.2) is 30.3 Å². The van der Waals surface area contributed by atoms with Crippen molar-refractivity contribution in [3.8, 4) is 0 Å².